The van der Waals surface area contributed by atoms with E-state index in [-0.39, 0.29) is 21.6 Å². The van der Waals surface area contributed by atoms with Crippen LogP contribution in [0.4, 0.5) is 4.79 Å². The van der Waals surface area contributed by atoms with Crippen molar-refractivity contribution in [1.82, 2.24) is 10.6 Å². The average molecular weight is 413 g/mol. The molecular weight excluding hydrogens is 391 g/mol. The molecule has 7 nitrogen and oxygen atoms in total. The van der Waals surface area contributed by atoms with Crippen LogP contribution >= 0.6 is 0 Å². The second kappa shape index (κ2) is 11.3. The number of rotatable bonds is 9. The SMILES string of the molecule is C=CCOC(=O)N[C@@H](C)C(=O)N[C@@H](C[Se]c1ccccc1)C(=O)OC. The van der Waals surface area contributed by atoms with Gasteiger partial charge in [-0.15, -0.1) is 0 Å². The standard InChI is InChI=1S/C17H22N2O5Se/c1-4-10-24-17(22)18-12(2)15(20)19-14(16(21)23-3)11-25-13-8-6-5-7-9-13/h4-9,12,14H,1,10-11H2,2-3H3,(H,18,22)(H,19,20)/t12-,14-/m0/s1. The molecule has 0 aliphatic heterocycles. The van der Waals surface area contributed by atoms with E-state index in [1.807, 2.05) is 30.3 Å². The second-order valence-corrected chi connectivity index (χ2v) is 7.26. The number of alkyl carbamates (subject to hydrolysis) is 1. The van der Waals surface area contributed by atoms with Crippen LogP contribution in [0.3, 0.4) is 0 Å². The van der Waals surface area contributed by atoms with E-state index in [9.17, 15) is 14.4 Å². The zero-order valence-corrected chi connectivity index (χ0v) is 15.9. The summed E-state index contributed by atoms with van der Waals surface area (Å²) in [5.41, 5.74) is 0. The molecule has 0 aliphatic carbocycles. The number of hydrogen-bond donors (Lipinski definition) is 2. The first-order chi connectivity index (χ1) is 12.0. The third-order valence-electron chi connectivity index (χ3n) is 3.02. The van der Waals surface area contributed by atoms with Crippen molar-refractivity contribution >= 4 is 37.4 Å². The third-order valence-corrected chi connectivity index (χ3v) is 5.34. The average Bonchev–Trinajstić information content (AvgIpc) is 2.63. The molecule has 0 aliphatic rings. The summed E-state index contributed by atoms with van der Waals surface area (Å²) in [4.78, 5) is 35.6. The zero-order valence-electron chi connectivity index (χ0n) is 14.2. The number of benzene rings is 1. The van der Waals surface area contributed by atoms with Crippen LogP contribution in [0.25, 0.3) is 0 Å². The number of carbonyl (C=O) groups excluding carboxylic acids is 3. The van der Waals surface area contributed by atoms with E-state index in [1.165, 1.54) is 20.1 Å². The number of esters is 1. The van der Waals surface area contributed by atoms with Gasteiger partial charge >= 0.3 is 153 Å². The fraction of sp³-hybridized carbons (Fsp3) is 0.353. The summed E-state index contributed by atoms with van der Waals surface area (Å²) in [6.45, 7) is 4.97. The van der Waals surface area contributed by atoms with Crippen LogP contribution in [0, 0.1) is 0 Å². The Bertz CT molecular complexity index is 594. The molecular formula is C17H22N2O5Se. The van der Waals surface area contributed by atoms with Crippen LogP contribution < -0.4 is 15.1 Å². The molecule has 136 valence electrons. The van der Waals surface area contributed by atoms with Crippen LogP contribution in [-0.2, 0) is 19.1 Å². The molecule has 8 heteroatoms. The molecule has 2 amide bonds. The first-order valence-corrected chi connectivity index (χ1v) is 9.65. The molecule has 0 spiro atoms. The fourth-order valence-corrected chi connectivity index (χ4v) is 3.67. The van der Waals surface area contributed by atoms with E-state index in [0.717, 1.165) is 4.46 Å². The van der Waals surface area contributed by atoms with Gasteiger partial charge in [0.25, 0.3) is 0 Å². The Morgan fingerprint density at radius 3 is 2.52 bits per heavy atom. The Balaban J connectivity index is 2.58. The summed E-state index contributed by atoms with van der Waals surface area (Å²) < 4.78 is 10.6. The Morgan fingerprint density at radius 2 is 1.92 bits per heavy atom. The monoisotopic (exact) mass is 414 g/mol. The van der Waals surface area contributed by atoms with E-state index < -0.39 is 30.1 Å². The molecule has 1 aromatic carbocycles. The van der Waals surface area contributed by atoms with Crippen molar-refractivity contribution in [2.24, 2.45) is 0 Å². The molecule has 0 bridgehead atoms. The van der Waals surface area contributed by atoms with Gasteiger partial charge in [-0.05, 0) is 0 Å². The minimum atomic E-state index is -0.853. The number of nitrogens with one attached hydrogen (secondary N) is 2. The van der Waals surface area contributed by atoms with E-state index in [2.05, 4.69) is 17.2 Å². The fourth-order valence-electron chi connectivity index (χ4n) is 1.72. The van der Waals surface area contributed by atoms with Crippen LogP contribution in [0.2, 0.25) is 5.32 Å². The first kappa shape index (κ1) is 20.7. The van der Waals surface area contributed by atoms with Gasteiger partial charge in [-0.2, -0.15) is 0 Å². The number of hydrogen-bond acceptors (Lipinski definition) is 5. The molecule has 1 aromatic rings. The Kier molecular flexibility index (Phi) is 9.35. The van der Waals surface area contributed by atoms with Gasteiger partial charge in [-0.25, -0.2) is 0 Å². The van der Waals surface area contributed by atoms with Crippen LogP contribution in [0.5, 0.6) is 0 Å². The quantitative estimate of drug-likeness (QED) is 0.347. The van der Waals surface area contributed by atoms with Gasteiger partial charge in [0.2, 0.25) is 0 Å². The van der Waals surface area contributed by atoms with Gasteiger partial charge in [-0.1, -0.05) is 0 Å². The second-order valence-electron chi connectivity index (χ2n) is 4.96. The van der Waals surface area contributed by atoms with Crippen molar-refractivity contribution in [3.63, 3.8) is 0 Å². The topological polar surface area (TPSA) is 93.7 Å². The van der Waals surface area contributed by atoms with Gasteiger partial charge < -0.3 is 0 Å². The summed E-state index contributed by atoms with van der Waals surface area (Å²) in [6, 6.07) is 8.07. The summed E-state index contributed by atoms with van der Waals surface area (Å²) in [5, 5.41) is 5.44. The van der Waals surface area contributed by atoms with E-state index in [1.54, 1.807) is 0 Å². The molecule has 2 N–H and O–H groups in total. The van der Waals surface area contributed by atoms with Gasteiger partial charge in [0.15, 0.2) is 0 Å². The predicted molar refractivity (Wildman–Crippen MR) is 94.7 cm³/mol. The van der Waals surface area contributed by atoms with Gasteiger partial charge in [-0.3, -0.25) is 0 Å². The summed E-state index contributed by atoms with van der Waals surface area (Å²) in [5.74, 6) is -1.01. The van der Waals surface area contributed by atoms with Crippen molar-refractivity contribution in [3.8, 4) is 0 Å². The van der Waals surface area contributed by atoms with E-state index in [0.29, 0.717) is 5.32 Å². The Hall–Kier alpha value is -2.31. The molecule has 0 saturated carbocycles. The Labute approximate surface area is 153 Å². The summed E-state index contributed by atoms with van der Waals surface area (Å²) >= 11 is -0.00699. The molecule has 0 fully saturated rings. The zero-order chi connectivity index (χ0) is 18.7. The van der Waals surface area contributed by atoms with Crippen molar-refractivity contribution in [2.45, 2.75) is 24.3 Å². The summed E-state index contributed by atoms with van der Waals surface area (Å²) in [6.07, 6.45) is 0.689. The maximum atomic E-state index is 12.2. The molecule has 2 atom stereocenters. The van der Waals surface area contributed by atoms with E-state index >= 15 is 0 Å². The minimum absolute atomic E-state index is 0.00699. The number of methoxy groups -OCH3 is 1. The molecule has 0 radical (unpaired) electrons. The van der Waals surface area contributed by atoms with Crippen molar-refractivity contribution in [1.29, 1.82) is 0 Å². The molecule has 0 saturated heterocycles. The van der Waals surface area contributed by atoms with Gasteiger partial charge in [0.1, 0.15) is 0 Å². The molecule has 0 heterocycles. The Morgan fingerprint density at radius 1 is 1.24 bits per heavy atom. The molecule has 25 heavy (non-hydrogen) atoms. The van der Waals surface area contributed by atoms with Crippen molar-refractivity contribution in [2.75, 3.05) is 13.7 Å². The number of amides is 2. The third kappa shape index (κ3) is 7.87. The van der Waals surface area contributed by atoms with Crippen molar-refractivity contribution in [3.05, 3.63) is 43.0 Å². The molecule has 1 rings (SSSR count). The van der Waals surface area contributed by atoms with Gasteiger partial charge in [0.05, 0.1) is 0 Å². The van der Waals surface area contributed by atoms with E-state index in [4.69, 9.17) is 9.47 Å². The van der Waals surface area contributed by atoms with Crippen molar-refractivity contribution < 1.29 is 23.9 Å². The number of ether oxygens (including phenoxy) is 2. The van der Waals surface area contributed by atoms with Gasteiger partial charge in [0, 0.05) is 0 Å². The van der Waals surface area contributed by atoms with Crippen LogP contribution in [0.1, 0.15) is 6.92 Å². The molecule has 0 unspecified atom stereocenters. The predicted octanol–water partition coefficient (Wildman–Crippen LogP) is 0.393. The maximum absolute atomic E-state index is 12.2. The number of carbonyl (C=O) groups is 3. The molecule has 0 aromatic heterocycles. The summed E-state index contributed by atoms with van der Waals surface area (Å²) in [7, 11) is 1.27. The normalized spacial score (nSPS) is 12.4. The van der Waals surface area contributed by atoms with Crippen LogP contribution in [0.15, 0.2) is 43.0 Å². The first-order valence-electron chi connectivity index (χ1n) is 7.58. The van der Waals surface area contributed by atoms with Crippen LogP contribution in [-0.4, -0.2) is 58.7 Å².